The van der Waals surface area contributed by atoms with Crippen LogP contribution in [0.4, 0.5) is 10.5 Å². The van der Waals surface area contributed by atoms with Crippen molar-refractivity contribution in [3.63, 3.8) is 0 Å². The van der Waals surface area contributed by atoms with Crippen molar-refractivity contribution < 1.29 is 58.6 Å². The van der Waals surface area contributed by atoms with Gasteiger partial charge in [-0.2, -0.15) is 0 Å². The minimum absolute atomic E-state index is 0. The van der Waals surface area contributed by atoms with Crippen LogP contribution in [0.25, 0.3) is 22.5 Å². The Morgan fingerprint density at radius 1 is 0.950 bits per heavy atom. The molecule has 1 fully saturated rings. The second-order valence-electron chi connectivity index (χ2n) is 9.51. The minimum Gasteiger partial charge on any atom is -0.870 e. The zero-order valence-electron chi connectivity index (χ0n) is 22.8. The van der Waals surface area contributed by atoms with E-state index in [0.717, 1.165) is 27.8 Å². The fraction of sp³-hybridized carbons (Fsp3) is 0.258. The van der Waals surface area contributed by atoms with Crippen LogP contribution in [-0.4, -0.2) is 36.2 Å². The Bertz CT molecular complexity index is 1400. The molecule has 2 heterocycles. The molecule has 0 unspecified atom stereocenters. The Balaban J connectivity index is 0.00000220. The fourth-order valence-electron chi connectivity index (χ4n) is 4.76. The molecule has 1 aliphatic rings. The van der Waals surface area contributed by atoms with Gasteiger partial charge in [0.15, 0.2) is 5.76 Å². The number of aryl methyl sites for hydroxylation is 1. The molecule has 1 atom stereocenters. The molecule has 9 heteroatoms. The minimum atomic E-state index is -0.589. The van der Waals surface area contributed by atoms with E-state index in [9.17, 15) is 9.59 Å². The smallest absolute Gasteiger partial charge is 0.870 e. The van der Waals surface area contributed by atoms with Gasteiger partial charge in [0.05, 0.1) is 0 Å². The molecule has 5 rings (SSSR count). The van der Waals surface area contributed by atoms with Gasteiger partial charge in [0.1, 0.15) is 17.5 Å². The standard InChI is InChI=1S/C31H29N2O5.Na.H2O/c1-21-28(32-30(35)37-22(2)23-6-4-3-5-7-23)29(38-33-21)26-10-8-24(9-11-26)25-12-14-27(15-13-25)31(20-34)16-18-36-19-17-31;;/h3-15,22H,16-19H2,1-2H3,(H,32,35);;1H2/q-1;+1;/p-1/t22-;;/m1../s1. The maximum Gasteiger partial charge on any atom is 1.00 e. The average Bonchev–Trinajstić information content (AvgIpc) is 3.33. The first kappa shape index (κ1) is 31.3. The molecule has 0 radical (unpaired) electrons. The molecule has 3 aromatic carbocycles. The summed E-state index contributed by atoms with van der Waals surface area (Å²) in [6.07, 6.45) is 2.58. The summed E-state index contributed by atoms with van der Waals surface area (Å²) in [6.45, 7) is 4.73. The van der Waals surface area contributed by atoms with Gasteiger partial charge in [-0.1, -0.05) is 95.0 Å². The summed E-state index contributed by atoms with van der Waals surface area (Å²) in [5.74, 6) is 0.455. The topological polar surface area (TPSA) is 121 Å². The number of aromatic nitrogens is 1. The number of hydrogen-bond acceptors (Lipinski definition) is 7. The molecule has 202 valence electrons. The normalized spacial score (nSPS) is 14.7. The summed E-state index contributed by atoms with van der Waals surface area (Å²) >= 11 is 0. The number of carbonyl (C=O) groups excluding carboxylic acids is 2. The zero-order valence-corrected chi connectivity index (χ0v) is 24.8. The number of nitrogens with one attached hydrogen (secondary N) is 1. The van der Waals surface area contributed by atoms with E-state index in [0.29, 0.717) is 43.2 Å². The van der Waals surface area contributed by atoms with E-state index >= 15 is 0 Å². The predicted molar refractivity (Wildman–Crippen MR) is 146 cm³/mol. The van der Waals surface area contributed by atoms with E-state index in [1.165, 1.54) is 0 Å². The van der Waals surface area contributed by atoms with E-state index in [2.05, 4.69) is 16.8 Å². The van der Waals surface area contributed by atoms with Crippen molar-refractivity contribution in [3.05, 3.63) is 95.7 Å². The molecular weight excluding hydrogens is 519 g/mol. The first-order chi connectivity index (χ1) is 18.5. The summed E-state index contributed by atoms with van der Waals surface area (Å²) in [4.78, 5) is 24.4. The van der Waals surface area contributed by atoms with E-state index in [-0.39, 0.29) is 35.0 Å². The van der Waals surface area contributed by atoms with Gasteiger partial charge in [-0.05, 0) is 43.4 Å². The Kier molecular flexibility index (Phi) is 10.8. The maximum atomic E-state index is 12.6. The number of carbonyl (C=O) groups is 1. The van der Waals surface area contributed by atoms with Crippen LogP contribution in [0.2, 0.25) is 0 Å². The quantitative estimate of drug-likeness (QED) is 0.276. The maximum absolute atomic E-state index is 12.6. The van der Waals surface area contributed by atoms with Crippen molar-refractivity contribution in [2.75, 3.05) is 18.5 Å². The number of nitrogens with zero attached hydrogens (tertiary/aromatic N) is 1. The van der Waals surface area contributed by atoms with Crippen molar-refractivity contribution in [2.24, 2.45) is 0 Å². The van der Waals surface area contributed by atoms with Gasteiger partial charge in [0, 0.05) is 18.8 Å². The van der Waals surface area contributed by atoms with E-state index in [1.54, 1.807) is 6.92 Å². The molecular formula is C31H30N2NaO6-. The van der Waals surface area contributed by atoms with Crippen LogP contribution in [0.5, 0.6) is 0 Å². The second-order valence-corrected chi connectivity index (χ2v) is 9.51. The van der Waals surface area contributed by atoms with Crippen molar-refractivity contribution in [3.8, 4) is 22.5 Å². The first-order valence-electron chi connectivity index (χ1n) is 12.7. The average molecular weight is 550 g/mol. The predicted octanol–water partition coefficient (Wildman–Crippen LogP) is 3.61. The van der Waals surface area contributed by atoms with E-state index in [4.69, 9.17) is 14.0 Å². The Hall–Kier alpha value is -3.27. The largest absolute Gasteiger partial charge is 1.00 e. The summed E-state index contributed by atoms with van der Waals surface area (Å²) in [5, 5.41) is 6.84. The monoisotopic (exact) mass is 549 g/mol. The van der Waals surface area contributed by atoms with Crippen molar-refractivity contribution in [2.45, 2.75) is 38.2 Å². The summed E-state index contributed by atoms with van der Waals surface area (Å²) < 4.78 is 16.5. The first-order valence-corrected chi connectivity index (χ1v) is 12.7. The van der Waals surface area contributed by atoms with Crippen molar-refractivity contribution in [1.82, 2.24) is 5.16 Å². The molecule has 1 aliphatic heterocycles. The molecule has 4 aromatic rings. The van der Waals surface area contributed by atoms with Gasteiger partial charge in [0.2, 0.25) is 0 Å². The van der Waals surface area contributed by atoms with Gasteiger partial charge in [-0.15, -0.1) is 0 Å². The van der Waals surface area contributed by atoms with Crippen LogP contribution < -0.4 is 34.9 Å². The summed E-state index contributed by atoms with van der Waals surface area (Å²) in [5.41, 5.74) is 5.12. The number of ether oxygens (including phenoxy) is 2. The van der Waals surface area contributed by atoms with Crippen LogP contribution in [0.3, 0.4) is 0 Å². The molecule has 0 saturated carbocycles. The number of rotatable bonds is 7. The number of amides is 1. The van der Waals surface area contributed by atoms with Crippen LogP contribution in [0, 0.1) is 6.92 Å². The van der Waals surface area contributed by atoms with Gasteiger partial charge < -0.3 is 24.3 Å². The molecule has 1 aromatic heterocycles. The van der Waals surface area contributed by atoms with Crippen LogP contribution >= 0.6 is 0 Å². The zero-order chi connectivity index (χ0) is 26.5. The number of hydrogen-bond donors (Lipinski definition) is 1. The molecule has 8 nitrogen and oxygen atoms in total. The Labute approximate surface area is 255 Å². The Morgan fingerprint density at radius 2 is 1.52 bits per heavy atom. The third-order valence-electron chi connectivity index (χ3n) is 7.10. The molecule has 40 heavy (non-hydrogen) atoms. The molecule has 0 spiro atoms. The van der Waals surface area contributed by atoms with Crippen molar-refractivity contribution in [1.29, 1.82) is 0 Å². The van der Waals surface area contributed by atoms with E-state index < -0.39 is 17.6 Å². The summed E-state index contributed by atoms with van der Waals surface area (Å²) in [7, 11) is 0. The summed E-state index contributed by atoms with van der Waals surface area (Å²) in [6, 6.07) is 25.4. The second kappa shape index (κ2) is 13.9. The third kappa shape index (κ3) is 6.71. The van der Waals surface area contributed by atoms with Crippen LogP contribution in [0.1, 0.15) is 42.7 Å². The van der Waals surface area contributed by atoms with Crippen LogP contribution in [-0.2, 0) is 19.7 Å². The van der Waals surface area contributed by atoms with E-state index in [1.807, 2.05) is 85.8 Å². The third-order valence-corrected chi connectivity index (χ3v) is 7.10. The van der Waals surface area contributed by atoms with Crippen LogP contribution in [0.15, 0.2) is 83.4 Å². The molecule has 1 amide bonds. The molecule has 1 saturated heterocycles. The molecule has 2 N–H and O–H groups in total. The van der Waals surface area contributed by atoms with Gasteiger partial charge in [-0.25, -0.2) is 4.79 Å². The van der Waals surface area contributed by atoms with Gasteiger partial charge in [0.25, 0.3) is 0 Å². The van der Waals surface area contributed by atoms with Gasteiger partial charge >= 0.3 is 35.7 Å². The van der Waals surface area contributed by atoms with Crippen molar-refractivity contribution >= 4 is 18.1 Å². The SMILES string of the molecule is Cc1noc(-c2ccc(-c3ccc(C4([C-]=O)CCOCC4)cc3)cc2)c1NC(=O)O[C@H](C)c1ccccc1.[Na+].[OH-]. The number of anilines is 1. The fourth-order valence-corrected chi connectivity index (χ4v) is 4.76. The molecule has 0 bridgehead atoms. The van der Waals surface area contributed by atoms with Gasteiger partial charge in [-0.3, -0.25) is 11.6 Å². The Morgan fingerprint density at radius 3 is 2.12 bits per heavy atom. The molecule has 0 aliphatic carbocycles. The number of benzene rings is 3.